The van der Waals surface area contributed by atoms with Gasteiger partial charge in [0.15, 0.2) is 0 Å². The highest BCUT2D eigenvalue weighted by Gasteiger charge is 2.06. The lowest BCUT2D eigenvalue weighted by Gasteiger charge is -2.05. The number of amides is 2. The number of nitrogens with two attached hydrogens (primary N) is 1. The fraction of sp³-hybridized carbons (Fsp3) is 0.167. The van der Waals surface area contributed by atoms with E-state index in [1.165, 1.54) is 24.5 Å². The van der Waals surface area contributed by atoms with E-state index in [-0.39, 0.29) is 18.7 Å². The summed E-state index contributed by atoms with van der Waals surface area (Å²) in [4.78, 5) is 36.2. The minimum Gasteiger partial charge on any atom is -0.478 e. The molecule has 20 heavy (non-hydrogen) atoms. The van der Waals surface area contributed by atoms with Crippen LogP contribution in [-0.2, 0) is 9.53 Å². The molecule has 0 saturated heterocycles. The van der Waals surface area contributed by atoms with E-state index in [9.17, 15) is 14.4 Å². The summed E-state index contributed by atoms with van der Waals surface area (Å²) in [6, 6.07) is 1.48. The highest BCUT2D eigenvalue weighted by molar-refractivity contribution is 5.94. The number of hydrogen-bond donors (Lipinski definition) is 3. The Bertz CT molecular complexity index is 542. The molecule has 1 aromatic rings. The van der Waals surface area contributed by atoms with Crippen LogP contribution in [0.2, 0.25) is 0 Å². The van der Waals surface area contributed by atoms with Gasteiger partial charge >= 0.3 is 12.1 Å². The van der Waals surface area contributed by atoms with Crippen molar-refractivity contribution in [2.45, 2.75) is 0 Å². The number of ether oxygens (including phenoxy) is 1. The lowest BCUT2D eigenvalue weighted by Crippen LogP contribution is -2.29. The minimum absolute atomic E-state index is 0.0346. The second-order valence-corrected chi connectivity index (χ2v) is 3.60. The molecule has 106 valence electrons. The number of carboxylic acids is 1. The zero-order chi connectivity index (χ0) is 15.0. The summed E-state index contributed by atoms with van der Waals surface area (Å²) in [7, 11) is 0. The molecule has 1 aromatic heterocycles. The van der Waals surface area contributed by atoms with E-state index in [1.807, 2.05) is 0 Å². The van der Waals surface area contributed by atoms with Crippen molar-refractivity contribution in [2.24, 2.45) is 5.73 Å². The molecule has 8 nitrogen and oxygen atoms in total. The molecule has 0 unspecified atom stereocenters. The molecule has 0 aliphatic carbocycles. The number of carbonyl (C=O) groups excluding carboxylic acids is 2. The highest BCUT2D eigenvalue weighted by Crippen LogP contribution is 2.04. The number of aromatic nitrogens is 1. The molecule has 0 aromatic carbocycles. The second kappa shape index (κ2) is 7.52. The van der Waals surface area contributed by atoms with Gasteiger partial charge in [0.25, 0.3) is 5.91 Å². The zero-order valence-electron chi connectivity index (χ0n) is 10.4. The van der Waals surface area contributed by atoms with Crippen molar-refractivity contribution >= 4 is 24.0 Å². The quantitative estimate of drug-likeness (QED) is 0.496. The zero-order valence-corrected chi connectivity index (χ0v) is 10.4. The van der Waals surface area contributed by atoms with Gasteiger partial charge in [-0.05, 0) is 17.7 Å². The Labute approximate surface area is 114 Å². The molecule has 2 amide bonds. The standard InChI is InChI=1S/C12H13N3O5/c13-12(19)20-4-3-15-11(18)9-5-8(6-14-7-9)1-2-10(16)17/h1-2,5-7H,3-4H2,(H2,13,19)(H,15,18)(H,16,17)/b2-1+. The predicted molar refractivity (Wildman–Crippen MR) is 68.8 cm³/mol. The van der Waals surface area contributed by atoms with Gasteiger partial charge in [-0.25, -0.2) is 9.59 Å². The molecule has 0 bridgehead atoms. The van der Waals surface area contributed by atoms with Crippen LogP contribution in [0.3, 0.4) is 0 Å². The maximum atomic E-state index is 11.7. The lowest BCUT2D eigenvalue weighted by atomic mass is 10.2. The molecule has 8 heteroatoms. The van der Waals surface area contributed by atoms with E-state index in [0.717, 1.165) is 6.08 Å². The number of nitrogens with one attached hydrogen (secondary N) is 1. The van der Waals surface area contributed by atoms with Gasteiger partial charge in [0.1, 0.15) is 6.61 Å². The van der Waals surface area contributed by atoms with Gasteiger partial charge in [0, 0.05) is 18.5 Å². The SMILES string of the molecule is NC(=O)OCCNC(=O)c1cncc(/C=C/C(=O)O)c1. The van der Waals surface area contributed by atoms with Crippen LogP contribution in [0.25, 0.3) is 6.08 Å². The van der Waals surface area contributed by atoms with Crippen LogP contribution in [0.15, 0.2) is 24.5 Å². The van der Waals surface area contributed by atoms with Crippen molar-refractivity contribution in [3.63, 3.8) is 0 Å². The summed E-state index contributed by atoms with van der Waals surface area (Å²) < 4.78 is 4.45. The van der Waals surface area contributed by atoms with Gasteiger partial charge in [-0.2, -0.15) is 0 Å². The Hall–Kier alpha value is -2.90. The van der Waals surface area contributed by atoms with E-state index in [2.05, 4.69) is 15.0 Å². The van der Waals surface area contributed by atoms with Gasteiger partial charge < -0.3 is 20.9 Å². The first-order chi connectivity index (χ1) is 9.49. The maximum Gasteiger partial charge on any atom is 0.404 e. The number of hydrogen-bond acceptors (Lipinski definition) is 5. The molecular formula is C12H13N3O5. The Kier molecular flexibility index (Phi) is 5.70. The lowest BCUT2D eigenvalue weighted by molar-refractivity contribution is -0.131. The maximum absolute atomic E-state index is 11.7. The molecule has 0 aliphatic heterocycles. The molecular weight excluding hydrogens is 266 g/mol. The number of rotatable bonds is 6. The number of nitrogens with zero attached hydrogens (tertiary/aromatic N) is 1. The smallest absolute Gasteiger partial charge is 0.404 e. The van der Waals surface area contributed by atoms with Crippen molar-refractivity contribution in [3.8, 4) is 0 Å². The van der Waals surface area contributed by atoms with Gasteiger partial charge in [-0.15, -0.1) is 0 Å². The van der Waals surface area contributed by atoms with Crippen molar-refractivity contribution in [2.75, 3.05) is 13.2 Å². The summed E-state index contributed by atoms with van der Waals surface area (Å²) in [5, 5.41) is 11.0. The molecule has 0 saturated carbocycles. The van der Waals surface area contributed by atoms with E-state index >= 15 is 0 Å². The van der Waals surface area contributed by atoms with E-state index in [0.29, 0.717) is 5.56 Å². The van der Waals surface area contributed by atoms with Crippen molar-refractivity contribution in [1.29, 1.82) is 0 Å². The van der Waals surface area contributed by atoms with Gasteiger partial charge in [-0.3, -0.25) is 9.78 Å². The monoisotopic (exact) mass is 279 g/mol. The van der Waals surface area contributed by atoms with Crippen molar-refractivity contribution in [3.05, 3.63) is 35.7 Å². The number of pyridine rings is 1. The summed E-state index contributed by atoms with van der Waals surface area (Å²) >= 11 is 0. The Morgan fingerprint density at radius 3 is 2.80 bits per heavy atom. The van der Waals surface area contributed by atoms with Crippen LogP contribution < -0.4 is 11.1 Å². The Morgan fingerprint density at radius 2 is 2.15 bits per heavy atom. The molecule has 4 N–H and O–H groups in total. The average Bonchev–Trinajstić information content (AvgIpc) is 2.41. The van der Waals surface area contributed by atoms with Gasteiger partial charge in [-0.1, -0.05) is 0 Å². The molecule has 0 aliphatic rings. The Balaban J connectivity index is 2.57. The third-order valence-electron chi connectivity index (χ3n) is 2.07. The Morgan fingerprint density at radius 1 is 1.40 bits per heavy atom. The minimum atomic E-state index is -1.09. The topological polar surface area (TPSA) is 132 Å². The fourth-order valence-electron chi connectivity index (χ4n) is 1.26. The summed E-state index contributed by atoms with van der Waals surface area (Å²) in [5.41, 5.74) is 5.50. The molecule has 1 heterocycles. The molecule has 0 fully saturated rings. The normalized spacial score (nSPS) is 10.2. The van der Waals surface area contributed by atoms with E-state index in [4.69, 9.17) is 10.8 Å². The predicted octanol–water partition coefficient (Wildman–Crippen LogP) is 0.00450. The van der Waals surface area contributed by atoms with E-state index in [1.54, 1.807) is 0 Å². The van der Waals surface area contributed by atoms with Crippen LogP contribution in [0.5, 0.6) is 0 Å². The first-order valence-electron chi connectivity index (χ1n) is 5.55. The third-order valence-corrected chi connectivity index (χ3v) is 2.07. The second-order valence-electron chi connectivity index (χ2n) is 3.60. The number of carbonyl (C=O) groups is 3. The van der Waals surface area contributed by atoms with Crippen LogP contribution in [0.4, 0.5) is 4.79 Å². The van der Waals surface area contributed by atoms with Crippen LogP contribution >= 0.6 is 0 Å². The van der Waals surface area contributed by atoms with Crippen LogP contribution in [0, 0.1) is 0 Å². The highest BCUT2D eigenvalue weighted by atomic mass is 16.5. The number of primary amides is 1. The van der Waals surface area contributed by atoms with Crippen LogP contribution in [0.1, 0.15) is 15.9 Å². The van der Waals surface area contributed by atoms with Gasteiger partial charge in [0.05, 0.1) is 12.1 Å². The van der Waals surface area contributed by atoms with Crippen molar-refractivity contribution < 1.29 is 24.2 Å². The fourth-order valence-corrected chi connectivity index (χ4v) is 1.26. The third kappa shape index (κ3) is 5.63. The first-order valence-corrected chi connectivity index (χ1v) is 5.55. The van der Waals surface area contributed by atoms with Gasteiger partial charge in [0.2, 0.25) is 0 Å². The number of aliphatic carboxylic acids is 1. The van der Waals surface area contributed by atoms with Crippen LogP contribution in [-0.4, -0.2) is 41.2 Å². The molecule has 0 radical (unpaired) electrons. The molecule has 1 rings (SSSR count). The summed E-state index contributed by atoms with van der Waals surface area (Å²) in [5.74, 6) is -1.51. The summed E-state index contributed by atoms with van der Waals surface area (Å²) in [6.45, 7) is 0.0735. The molecule has 0 atom stereocenters. The van der Waals surface area contributed by atoms with E-state index < -0.39 is 18.0 Å². The average molecular weight is 279 g/mol. The summed E-state index contributed by atoms with van der Waals surface area (Å²) in [6.07, 6.45) is 4.11. The molecule has 0 spiro atoms. The first kappa shape index (κ1) is 15.2. The van der Waals surface area contributed by atoms with Crippen molar-refractivity contribution in [1.82, 2.24) is 10.3 Å². The number of carboxylic acid groups (broad SMARTS) is 1. The largest absolute Gasteiger partial charge is 0.478 e.